The molecule has 0 fully saturated rings. The molecule has 13 heavy (non-hydrogen) atoms. The first-order valence-electron chi connectivity index (χ1n) is 4.64. The van der Waals surface area contributed by atoms with Crippen molar-refractivity contribution in [3.05, 3.63) is 34.9 Å². The SMILES string of the molecule is Cc1ccc(C(C)C)cc1C(N)N. The molecule has 0 atom stereocenters. The van der Waals surface area contributed by atoms with Crippen LogP contribution in [-0.2, 0) is 0 Å². The highest BCUT2D eigenvalue weighted by atomic mass is 14.8. The Morgan fingerprint density at radius 3 is 2.23 bits per heavy atom. The van der Waals surface area contributed by atoms with Crippen molar-refractivity contribution in [2.75, 3.05) is 0 Å². The van der Waals surface area contributed by atoms with E-state index in [1.54, 1.807) is 0 Å². The number of benzene rings is 1. The van der Waals surface area contributed by atoms with Crippen molar-refractivity contribution in [2.45, 2.75) is 32.9 Å². The number of hydrogen-bond acceptors (Lipinski definition) is 2. The summed E-state index contributed by atoms with van der Waals surface area (Å²) in [5.74, 6) is 0.526. The largest absolute Gasteiger partial charge is 0.312 e. The molecule has 0 unspecified atom stereocenters. The minimum absolute atomic E-state index is 0.362. The van der Waals surface area contributed by atoms with Gasteiger partial charge in [0.25, 0.3) is 0 Å². The summed E-state index contributed by atoms with van der Waals surface area (Å²) in [5.41, 5.74) is 14.8. The lowest BCUT2D eigenvalue weighted by atomic mass is 9.97. The van der Waals surface area contributed by atoms with Gasteiger partial charge in [0.2, 0.25) is 0 Å². The number of hydrogen-bond donors (Lipinski definition) is 2. The van der Waals surface area contributed by atoms with E-state index in [9.17, 15) is 0 Å². The Balaban J connectivity index is 3.11. The van der Waals surface area contributed by atoms with Crippen LogP contribution < -0.4 is 11.5 Å². The van der Waals surface area contributed by atoms with Gasteiger partial charge < -0.3 is 11.5 Å². The van der Waals surface area contributed by atoms with Crippen LogP contribution in [0, 0.1) is 6.92 Å². The predicted molar refractivity (Wildman–Crippen MR) is 56.4 cm³/mol. The van der Waals surface area contributed by atoms with Gasteiger partial charge in [0, 0.05) is 0 Å². The summed E-state index contributed by atoms with van der Waals surface area (Å²) in [5, 5.41) is 0. The van der Waals surface area contributed by atoms with E-state index in [0.717, 1.165) is 5.56 Å². The van der Waals surface area contributed by atoms with E-state index < -0.39 is 0 Å². The van der Waals surface area contributed by atoms with Crippen molar-refractivity contribution in [1.82, 2.24) is 0 Å². The first-order valence-corrected chi connectivity index (χ1v) is 4.64. The van der Waals surface area contributed by atoms with Crippen molar-refractivity contribution in [3.8, 4) is 0 Å². The average molecular weight is 178 g/mol. The zero-order chi connectivity index (χ0) is 10.0. The molecule has 0 aromatic heterocycles. The molecule has 4 N–H and O–H groups in total. The van der Waals surface area contributed by atoms with Gasteiger partial charge in [-0.3, -0.25) is 0 Å². The Bertz CT molecular complexity index is 290. The molecular weight excluding hydrogens is 160 g/mol. The summed E-state index contributed by atoms with van der Waals surface area (Å²) >= 11 is 0. The topological polar surface area (TPSA) is 52.0 Å². The molecule has 0 bridgehead atoms. The van der Waals surface area contributed by atoms with E-state index in [2.05, 4.69) is 32.0 Å². The molecule has 0 aliphatic rings. The third-order valence-electron chi connectivity index (χ3n) is 2.33. The maximum absolute atomic E-state index is 5.66. The van der Waals surface area contributed by atoms with Crippen LogP contribution in [0.4, 0.5) is 0 Å². The lowest BCUT2D eigenvalue weighted by molar-refractivity contribution is 0.759. The van der Waals surface area contributed by atoms with E-state index in [0.29, 0.717) is 5.92 Å². The Labute approximate surface area is 79.9 Å². The van der Waals surface area contributed by atoms with E-state index in [1.165, 1.54) is 11.1 Å². The quantitative estimate of drug-likeness (QED) is 0.681. The predicted octanol–water partition coefficient (Wildman–Crippen LogP) is 2.03. The summed E-state index contributed by atoms with van der Waals surface area (Å²) in [4.78, 5) is 0. The molecule has 0 amide bonds. The molecule has 0 spiro atoms. The van der Waals surface area contributed by atoms with Gasteiger partial charge in [-0.25, -0.2) is 0 Å². The monoisotopic (exact) mass is 178 g/mol. The van der Waals surface area contributed by atoms with E-state index in [1.807, 2.05) is 6.92 Å². The van der Waals surface area contributed by atoms with Crippen LogP contribution in [0.1, 0.15) is 42.6 Å². The average Bonchev–Trinajstić information content (AvgIpc) is 2.04. The van der Waals surface area contributed by atoms with E-state index in [-0.39, 0.29) is 6.17 Å². The van der Waals surface area contributed by atoms with Gasteiger partial charge in [-0.1, -0.05) is 32.0 Å². The Morgan fingerprint density at radius 1 is 1.15 bits per heavy atom. The molecular formula is C11H18N2. The van der Waals surface area contributed by atoms with Crippen molar-refractivity contribution in [2.24, 2.45) is 11.5 Å². The first kappa shape index (κ1) is 10.2. The molecule has 0 heterocycles. The fourth-order valence-electron chi connectivity index (χ4n) is 1.38. The summed E-state index contributed by atoms with van der Waals surface area (Å²) in [7, 11) is 0. The number of aryl methyl sites for hydroxylation is 1. The van der Waals surface area contributed by atoms with Crippen LogP contribution >= 0.6 is 0 Å². The Hall–Kier alpha value is -0.860. The third-order valence-corrected chi connectivity index (χ3v) is 2.33. The summed E-state index contributed by atoms with van der Waals surface area (Å²) < 4.78 is 0. The zero-order valence-electron chi connectivity index (χ0n) is 8.54. The van der Waals surface area contributed by atoms with Crippen LogP contribution in [0.3, 0.4) is 0 Å². The Morgan fingerprint density at radius 2 is 1.77 bits per heavy atom. The van der Waals surface area contributed by atoms with Crippen LogP contribution in [-0.4, -0.2) is 0 Å². The van der Waals surface area contributed by atoms with Crippen LogP contribution in [0.15, 0.2) is 18.2 Å². The molecule has 1 aromatic rings. The number of rotatable bonds is 2. The molecule has 0 aliphatic heterocycles. The second-order valence-corrected chi connectivity index (χ2v) is 3.80. The van der Waals surface area contributed by atoms with E-state index >= 15 is 0 Å². The van der Waals surface area contributed by atoms with Crippen molar-refractivity contribution < 1.29 is 0 Å². The maximum Gasteiger partial charge on any atom is 0.0787 e. The molecule has 72 valence electrons. The van der Waals surface area contributed by atoms with Gasteiger partial charge >= 0.3 is 0 Å². The number of nitrogens with two attached hydrogens (primary N) is 2. The molecule has 0 aliphatic carbocycles. The molecule has 0 radical (unpaired) electrons. The standard InChI is InChI=1S/C11H18N2/c1-7(2)9-5-4-8(3)10(6-9)11(12)13/h4-7,11H,12-13H2,1-3H3. The first-order chi connectivity index (χ1) is 6.02. The summed E-state index contributed by atoms with van der Waals surface area (Å²) in [6.45, 7) is 6.36. The fourth-order valence-corrected chi connectivity index (χ4v) is 1.38. The minimum Gasteiger partial charge on any atom is -0.312 e. The normalized spacial score (nSPS) is 11.3. The molecule has 2 nitrogen and oxygen atoms in total. The molecule has 2 heteroatoms. The second-order valence-electron chi connectivity index (χ2n) is 3.80. The van der Waals surface area contributed by atoms with Crippen molar-refractivity contribution in [1.29, 1.82) is 0 Å². The van der Waals surface area contributed by atoms with Gasteiger partial charge in [0.05, 0.1) is 6.17 Å². The molecule has 1 rings (SSSR count). The van der Waals surface area contributed by atoms with Crippen LogP contribution in [0.2, 0.25) is 0 Å². The van der Waals surface area contributed by atoms with Gasteiger partial charge in [0.1, 0.15) is 0 Å². The highest BCUT2D eigenvalue weighted by molar-refractivity contribution is 5.34. The van der Waals surface area contributed by atoms with Gasteiger partial charge in [0.15, 0.2) is 0 Å². The van der Waals surface area contributed by atoms with Gasteiger partial charge in [-0.15, -0.1) is 0 Å². The highest BCUT2D eigenvalue weighted by Gasteiger charge is 2.06. The van der Waals surface area contributed by atoms with Gasteiger partial charge in [-0.05, 0) is 29.5 Å². The second kappa shape index (κ2) is 3.90. The molecule has 0 saturated heterocycles. The molecule has 0 saturated carbocycles. The Kier molecular flexibility index (Phi) is 3.07. The minimum atomic E-state index is -0.362. The van der Waals surface area contributed by atoms with E-state index in [4.69, 9.17) is 11.5 Å². The maximum atomic E-state index is 5.66. The summed E-state index contributed by atoms with van der Waals surface area (Å²) in [6, 6.07) is 6.31. The highest BCUT2D eigenvalue weighted by Crippen LogP contribution is 2.20. The lowest BCUT2D eigenvalue weighted by Gasteiger charge is -2.13. The summed E-state index contributed by atoms with van der Waals surface area (Å²) in [6.07, 6.45) is -0.362. The van der Waals surface area contributed by atoms with Crippen molar-refractivity contribution in [3.63, 3.8) is 0 Å². The smallest absolute Gasteiger partial charge is 0.0787 e. The zero-order valence-corrected chi connectivity index (χ0v) is 8.54. The van der Waals surface area contributed by atoms with Gasteiger partial charge in [-0.2, -0.15) is 0 Å². The molecule has 1 aromatic carbocycles. The fraction of sp³-hybridized carbons (Fsp3) is 0.455. The van der Waals surface area contributed by atoms with Crippen molar-refractivity contribution >= 4 is 0 Å². The van der Waals surface area contributed by atoms with Crippen LogP contribution in [0.5, 0.6) is 0 Å². The third kappa shape index (κ3) is 2.29. The van der Waals surface area contributed by atoms with Crippen LogP contribution in [0.25, 0.3) is 0 Å². The lowest BCUT2D eigenvalue weighted by Crippen LogP contribution is -2.21.